The van der Waals surface area contributed by atoms with E-state index in [0.717, 1.165) is 17.9 Å². The first-order chi connectivity index (χ1) is 7.78. The first-order valence-electron chi connectivity index (χ1n) is 5.35. The quantitative estimate of drug-likeness (QED) is 0.824. The van der Waals surface area contributed by atoms with Gasteiger partial charge in [0, 0.05) is 5.69 Å². The molecule has 2 rings (SSSR count). The number of pyridine rings is 1. The van der Waals surface area contributed by atoms with Gasteiger partial charge in [0.25, 0.3) is 0 Å². The molecule has 0 aliphatic rings. The highest BCUT2D eigenvalue weighted by Crippen LogP contribution is 2.16. The molecule has 82 valence electrons. The number of hydrogen-bond donors (Lipinski definition) is 2. The second-order valence-electron chi connectivity index (χ2n) is 3.66. The Hall–Kier alpha value is -2.03. The molecule has 0 fully saturated rings. The molecule has 0 saturated carbocycles. The molecule has 16 heavy (non-hydrogen) atoms. The Balaban J connectivity index is 2.16. The van der Waals surface area contributed by atoms with Crippen LogP contribution in [0.3, 0.4) is 0 Å². The molecule has 0 unspecified atom stereocenters. The van der Waals surface area contributed by atoms with Gasteiger partial charge in [-0.05, 0) is 36.2 Å². The number of benzene rings is 1. The van der Waals surface area contributed by atoms with E-state index in [4.69, 9.17) is 5.73 Å². The number of nitrogens with one attached hydrogen (secondary N) is 1. The van der Waals surface area contributed by atoms with E-state index in [2.05, 4.69) is 29.4 Å². The van der Waals surface area contributed by atoms with Crippen molar-refractivity contribution in [2.24, 2.45) is 0 Å². The van der Waals surface area contributed by atoms with Gasteiger partial charge in [-0.25, -0.2) is 4.98 Å². The van der Waals surface area contributed by atoms with E-state index >= 15 is 0 Å². The van der Waals surface area contributed by atoms with Crippen molar-refractivity contribution < 1.29 is 0 Å². The van der Waals surface area contributed by atoms with E-state index in [1.54, 1.807) is 6.20 Å². The summed E-state index contributed by atoms with van der Waals surface area (Å²) in [5, 5.41) is 3.24. The van der Waals surface area contributed by atoms with Crippen LogP contribution in [0.5, 0.6) is 0 Å². The fraction of sp³-hybridized carbons (Fsp3) is 0.154. The molecule has 0 bridgehead atoms. The van der Waals surface area contributed by atoms with Gasteiger partial charge >= 0.3 is 0 Å². The third kappa shape index (κ3) is 2.51. The summed E-state index contributed by atoms with van der Waals surface area (Å²) in [6.45, 7) is 2.14. The number of anilines is 3. The van der Waals surface area contributed by atoms with Crippen LogP contribution in [0, 0.1) is 0 Å². The average Bonchev–Trinajstić information content (AvgIpc) is 2.32. The maximum Gasteiger partial charge on any atom is 0.130 e. The van der Waals surface area contributed by atoms with Crippen LogP contribution < -0.4 is 11.1 Å². The van der Waals surface area contributed by atoms with Crippen molar-refractivity contribution >= 4 is 17.2 Å². The summed E-state index contributed by atoms with van der Waals surface area (Å²) in [6, 6.07) is 12.0. The molecule has 0 saturated heterocycles. The normalized spacial score (nSPS) is 10.1. The molecular formula is C13H15N3. The lowest BCUT2D eigenvalue weighted by Crippen LogP contribution is -1.95. The average molecular weight is 213 g/mol. The molecule has 0 aliphatic carbocycles. The Kier molecular flexibility index (Phi) is 3.05. The molecule has 0 atom stereocenters. The molecule has 0 aliphatic heterocycles. The van der Waals surface area contributed by atoms with Crippen molar-refractivity contribution in [2.45, 2.75) is 13.3 Å². The summed E-state index contributed by atoms with van der Waals surface area (Å²) in [4.78, 5) is 4.19. The van der Waals surface area contributed by atoms with Gasteiger partial charge < -0.3 is 11.1 Å². The Morgan fingerprint density at radius 2 is 2.12 bits per heavy atom. The van der Waals surface area contributed by atoms with Crippen LogP contribution in [-0.2, 0) is 6.42 Å². The van der Waals surface area contributed by atoms with Gasteiger partial charge in [-0.1, -0.05) is 19.1 Å². The predicted molar refractivity (Wildman–Crippen MR) is 67.8 cm³/mol. The largest absolute Gasteiger partial charge is 0.397 e. The number of nitrogens with two attached hydrogens (primary N) is 1. The highest BCUT2D eigenvalue weighted by atomic mass is 15.0. The lowest BCUT2D eigenvalue weighted by atomic mass is 10.1. The van der Waals surface area contributed by atoms with E-state index in [9.17, 15) is 0 Å². The Bertz CT molecular complexity index is 463. The molecule has 0 amide bonds. The molecular weight excluding hydrogens is 198 g/mol. The number of nitrogen functional groups attached to an aromatic ring is 1. The number of rotatable bonds is 3. The highest BCUT2D eigenvalue weighted by Gasteiger charge is 1.96. The maximum atomic E-state index is 5.58. The fourth-order valence-electron chi connectivity index (χ4n) is 1.50. The smallest absolute Gasteiger partial charge is 0.130 e. The number of aryl methyl sites for hydroxylation is 1. The summed E-state index contributed by atoms with van der Waals surface area (Å²) in [5.74, 6) is 0.808. The van der Waals surface area contributed by atoms with E-state index in [0.29, 0.717) is 5.69 Å². The summed E-state index contributed by atoms with van der Waals surface area (Å²) in [7, 11) is 0. The second kappa shape index (κ2) is 4.66. The zero-order valence-electron chi connectivity index (χ0n) is 9.27. The number of aromatic nitrogens is 1. The van der Waals surface area contributed by atoms with Gasteiger partial charge in [-0.2, -0.15) is 0 Å². The van der Waals surface area contributed by atoms with E-state index in [1.807, 2.05) is 24.3 Å². The second-order valence-corrected chi connectivity index (χ2v) is 3.66. The molecule has 3 heteroatoms. The van der Waals surface area contributed by atoms with Crippen LogP contribution in [0.15, 0.2) is 42.6 Å². The molecule has 0 radical (unpaired) electrons. The van der Waals surface area contributed by atoms with Crippen molar-refractivity contribution in [3.63, 3.8) is 0 Å². The van der Waals surface area contributed by atoms with Crippen LogP contribution >= 0.6 is 0 Å². The lowest BCUT2D eigenvalue weighted by Gasteiger charge is -2.06. The van der Waals surface area contributed by atoms with Gasteiger partial charge in [0.05, 0.1) is 11.9 Å². The van der Waals surface area contributed by atoms with Crippen molar-refractivity contribution in [1.82, 2.24) is 4.98 Å². The van der Waals surface area contributed by atoms with Gasteiger partial charge in [0.15, 0.2) is 0 Å². The van der Waals surface area contributed by atoms with Crippen LogP contribution in [0.4, 0.5) is 17.2 Å². The van der Waals surface area contributed by atoms with Crippen molar-refractivity contribution in [2.75, 3.05) is 11.1 Å². The first-order valence-corrected chi connectivity index (χ1v) is 5.35. The third-order valence-corrected chi connectivity index (χ3v) is 2.39. The van der Waals surface area contributed by atoms with Crippen LogP contribution in [0.25, 0.3) is 0 Å². The molecule has 1 heterocycles. The zero-order chi connectivity index (χ0) is 11.4. The number of nitrogens with zero attached hydrogens (tertiary/aromatic N) is 1. The summed E-state index contributed by atoms with van der Waals surface area (Å²) < 4.78 is 0. The third-order valence-electron chi connectivity index (χ3n) is 2.39. The van der Waals surface area contributed by atoms with E-state index in [-0.39, 0.29) is 0 Å². The van der Waals surface area contributed by atoms with Crippen LogP contribution in [0.2, 0.25) is 0 Å². The first kappa shape index (κ1) is 10.5. The van der Waals surface area contributed by atoms with Gasteiger partial charge in [-0.3, -0.25) is 0 Å². The van der Waals surface area contributed by atoms with Gasteiger partial charge in [-0.15, -0.1) is 0 Å². The monoisotopic (exact) mass is 213 g/mol. The minimum Gasteiger partial charge on any atom is -0.397 e. The Morgan fingerprint density at radius 1 is 1.25 bits per heavy atom. The SMILES string of the molecule is CCc1cccc(Nc2ccc(N)cn2)c1. The minimum atomic E-state index is 0.674. The molecule has 3 N–H and O–H groups in total. The summed E-state index contributed by atoms with van der Waals surface area (Å²) in [5.41, 5.74) is 8.61. The van der Waals surface area contributed by atoms with Gasteiger partial charge in [0.2, 0.25) is 0 Å². The summed E-state index contributed by atoms with van der Waals surface area (Å²) in [6.07, 6.45) is 2.68. The molecule has 2 aromatic rings. The Labute approximate surface area is 95.3 Å². The molecule has 3 nitrogen and oxygen atoms in total. The summed E-state index contributed by atoms with van der Waals surface area (Å²) >= 11 is 0. The topological polar surface area (TPSA) is 50.9 Å². The molecule has 1 aromatic heterocycles. The van der Waals surface area contributed by atoms with Crippen molar-refractivity contribution in [3.8, 4) is 0 Å². The number of hydrogen-bond acceptors (Lipinski definition) is 3. The van der Waals surface area contributed by atoms with Crippen molar-refractivity contribution in [3.05, 3.63) is 48.2 Å². The Morgan fingerprint density at radius 3 is 2.81 bits per heavy atom. The van der Waals surface area contributed by atoms with E-state index in [1.165, 1.54) is 5.56 Å². The van der Waals surface area contributed by atoms with Crippen LogP contribution in [0.1, 0.15) is 12.5 Å². The zero-order valence-corrected chi connectivity index (χ0v) is 9.27. The molecule has 0 spiro atoms. The van der Waals surface area contributed by atoms with Crippen molar-refractivity contribution in [1.29, 1.82) is 0 Å². The predicted octanol–water partition coefficient (Wildman–Crippen LogP) is 2.97. The van der Waals surface area contributed by atoms with E-state index < -0.39 is 0 Å². The lowest BCUT2D eigenvalue weighted by molar-refractivity contribution is 1.14. The van der Waals surface area contributed by atoms with Gasteiger partial charge in [0.1, 0.15) is 5.82 Å². The minimum absolute atomic E-state index is 0.674. The standard InChI is InChI=1S/C13H15N3/c1-2-10-4-3-5-12(8-10)16-13-7-6-11(14)9-15-13/h3-9H,2,14H2,1H3,(H,15,16). The maximum absolute atomic E-state index is 5.58. The molecule has 1 aromatic carbocycles. The highest BCUT2D eigenvalue weighted by molar-refractivity contribution is 5.58. The van der Waals surface area contributed by atoms with Crippen LogP contribution in [-0.4, -0.2) is 4.98 Å². The fourth-order valence-corrected chi connectivity index (χ4v) is 1.50.